The summed E-state index contributed by atoms with van der Waals surface area (Å²) in [7, 11) is 0. The first kappa shape index (κ1) is 7.80. The van der Waals surface area contributed by atoms with Gasteiger partial charge in [0.2, 0.25) is 0 Å². The van der Waals surface area contributed by atoms with Crippen molar-refractivity contribution in [2.75, 3.05) is 0 Å². The van der Waals surface area contributed by atoms with Gasteiger partial charge in [-0.2, -0.15) is 0 Å². The van der Waals surface area contributed by atoms with Gasteiger partial charge in [0.15, 0.2) is 0 Å². The van der Waals surface area contributed by atoms with Crippen LogP contribution in [0.15, 0.2) is 0 Å². The van der Waals surface area contributed by atoms with E-state index in [1.165, 1.54) is 11.4 Å². The minimum absolute atomic E-state index is 0.618. The van der Waals surface area contributed by atoms with Gasteiger partial charge in [-0.25, -0.2) is 4.98 Å². The number of aromatic amines is 1. The Morgan fingerprint density at radius 2 is 2.17 bits per heavy atom. The van der Waals surface area contributed by atoms with Crippen LogP contribution in [0.5, 0.6) is 0 Å². The molecule has 1 aromatic rings. The van der Waals surface area contributed by atoms with Crippen molar-refractivity contribution in [2.24, 2.45) is 0 Å². The van der Waals surface area contributed by atoms with Crippen LogP contribution in [0.2, 0.25) is 0 Å². The number of fused-ring (bicyclic) bond motifs is 1. The predicted octanol–water partition coefficient (Wildman–Crippen LogP) is 1.44. The molecule has 1 aliphatic heterocycles. The molecule has 0 bridgehead atoms. The van der Waals surface area contributed by atoms with E-state index in [4.69, 9.17) is 0 Å². The molecule has 3 heteroatoms. The van der Waals surface area contributed by atoms with E-state index in [1.54, 1.807) is 0 Å². The zero-order chi connectivity index (χ0) is 8.72. The van der Waals surface area contributed by atoms with Crippen molar-refractivity contribution in [1.82, 2.24) is 14.9 Å². The summed E-state index contributed by atoms with van der Waals surface area (Å²) in [4.78, 5) is 10.1. The number of H-pyrrole nitrogens is 1. The molecule has 0 radical (unpaired) electrons. The van der Waals surface area contributed by atoms with Crippen LogP contribution in [-0.2, 0) is 13.1 Å². The van der Waals surface area contributed by atoms with Crippen molar-refractivity contribution < 1.29 is 0 Å². The molecule has 1 aromatic heterocycles. The lowest BCUT2D eigenvalue weighted by atomic mass is 10.3. The smallest absolute Gasteiger partial charge is 0.103 e. The van der Waals surface area contributed by atoms with Gasteiger partial charge < -0.3 is 4.98 Å². The number of imidazole rings is 1. The van der Waals surface area contributed by atoms with Gasteiger partial charge in [-0.05, 0) is 20.8 Å². The molecule has 3 nitrogen and oxygen atoms in total. The van der Waals surface area contributed by atoms with Gasteiger partial charge in [0, 0.05) is 19.1 Å². The van der Waals surface area contributed by atoms with Crippen LogP contribution in [0.4, 0.5) is 0 Å². The number of hydrogen-bond donors (Lipinski definition) is 1. The average molecular weight is 165 g/mol. The highest BCUT2D eigenvalue weighted by Crippen LogP contribution is 2.21. The van der Waals surface area contributed by atoms with Crippen LogP contribution >= 0.6 is 0 Å². The highest BCUT2D eigenvalue weighted by molar-refractivity contribution is 5.18. The molecule has 0 fully saturated rings. The number of hydrogen-bond acceptors (Lipinski definition) is 2. The number of aromatic nitrogens is 2. The monoisotopic (exact) mass is 165 g/mol. The first-order chi connectivity index (χ1) is 5.66. The fraction of sp³-hybridized carbons (Fsp3) is 0.667. The third-order valence-electron chi connectivity index (χ3n) is 2.43. The SMILES string of the molecule is Cc1nc2c([nH]1)CN(C(C)C)C2. The number of nitrogens with one attached hydrogen (secondary N) is 1. The van der Waals surface area contributed by atoms with Crippen molar-refractivity contribution in [3.8, 4) is 0 Å². The van der Waals surface area contributed by atoms with Gasteiger partial charge in [-0.1, -0.05) is 0 Å². The molecular weight excluding hydrogens is 150 g/mol. The largest absolute Gasteiger partial charge is 0.345 e. The van der Waals surface area contributed by atoms with E-state index in [0.29, 0.717) is 6.04 Å². The Hall–Kier alpha value is -0.830. The van der Waals surface area contributed by atoms with Crippen LogP contribution in [0.1, 0.15) is 31.1 Å². The molecule has 1 N–H and O–H groups in total. The molecule has 0 atom stereocenters. The summed E-state index contributed by atoms with van der Waals surface area (Å²) in [6.45, 7) is 8.50. The van der Waals surface area contributed by atoms with E-state index < -0.39 is 0 Å². The Bertz CT molecular complexity index is 264. The Morgan fingerprint density at radius 3 is 2.75 bits per heavy atom. The van der Waals surface area contributed by atoms with E-state index in [2.05, 4.69) is 28.7 Å². The number of nitrogens with zero attached hydrogens (tertiary/aromatic N) is 2. The molecule has 66 valence electrons. The van der Waals surface area contributed by atoms with E-state index in [-0.39, 0.29) is 0 Å². The van der Waals surface area contributed by atoms with Gasteiger partial charge >= 0.3 is 0 Å². The Labute approximate surface area is 72.8 Å². The Kier molecular flexibility index (Phi) is 1.68. The normalized spacial score (nSPS) is 17.3. The third kappa shape index (κ3) is 1.14. The molecule has 0 saturated carbocycles. The van der Waals surface area contributed by atoms with Crippen LogP contribution in [0.25, 0.3) is 0 Å². The fourth-order valence-electron chi connectivity index (χ4n) is 1.67. The molecule has 0 aliphatic carbocycles. The van der Waals surface area contributed by atoms with Gasteiger partial charge in [0.05, 0.1) is 11.4 Å². The van der Waals surface area contributed by atoms with Crippen molar-refractivity contribution >= 4 is 0 Å². The van der Waals surface area contributed by atoms with Crippen molar-refractivity contribution in [1.29, 1.82) is 0 Å². The van der Waals surface area contributed by atoms with Gasteiger partial charge in [-0.3, -0.25) is 4.90 Å². The van der Waals surface area contributed by atoms with Gasteiger partial charge in [0.25, 0.3) is 0 Å². The zero-order valence-corrected chi connectivity index (χ0v) is 7.89. The number of aryl methyl sites for hydroxylation is 1. The fourth-order valence-corrected chi connectivity index (χ4v) is 1.67. The first-order valence-corrected chi connectivity index (χ1v) is 4.45. The first-order valence-electron chi connectivity index (χ1n) is 4.45. The maximum Gasteiger partial charge on any atom is 0.103 e. The average Bonchev–Trinajstić information content (AvgIpc) is 2.42. The van der Waals surface area contributed by atoms with Crippen molar-refractivity contribution in [3.63, 3.8) is 0 Å². The maximum atomic E-state index is 4.43. The van der Waals surface area contributed by atoms with E-state index in [0.717, 1.165) is 18.9 Å². The van der Waals surface area contributed by atoms with Crippen LogP contribution in [0, 0.1) is 6.92 Å². The second kappa shape index (κ2) is 2.59. The Balaban J connectivity index is 2.18. The minimum atomic E-state index is 0.618. The highest BCUT2D eigenvalue weighted by Gasteiger charge is 2.23. The van der Waals surface area contributed by atoms with E-state index in [1.807, 2.05) is 6.92 Å². The minimum Gasteiger partial charge on any atom is -0.345 e. The standard InChI is InChI=1S/C9H15N3/c1-6(2)12-4-8-9(5-12)11-7(3)10-8/h6H,4-5H2,1-3H3,(H,10,11). The summed E-state index contributed by atoms with van der Waals surface area (Å²) >= 11 is 0. The quantitative estimate of drug-likeness (QED) is 0.683. The molecule has 0 unspecified atom stereocenters. The van der Waals surface area contributed by atoms with Crippen molar-refractivity contribution in [2.45, 2.75) is 39.9 Å². The molecule has 0 saturated heterocycles. The highest BCUT2D eigenvalue weighted by atomic mass is 15.2. The number of rotatable bonds is 1. The molecule has 0 amide bonds. The lowest BCUT2D eigenvalue weighted by Gasteiger charge is -2.18. The lowest BCUT2D eigenvalue weighted by Crippen LogP contribution is -2.25. The van der Waals surface area contributed by atoms with Gasteiger partial charge in [0.1, 0.15) is 5.82 Å². The lowest BCUT2D eigenvalue weighted by molar-refractivity contribution is 0.223. The summed E-state index contributed by atoms with van der Waals surface area (Å²) in [5.74, 6) is 1.04. The van der Waals surface area contributed by atoms with Crippen LogP contribution in [0.3, 0.4) is 0 Å². The summed E-state index contributed by atoms with van der Waals surface area (Å²) in [6, 6.07) is 0.618. The zero-order valence-electron chi connectivity index (χ0n) is 7.89. The van der Waals surface area contributed by atoms with Gasteiger partial charge in [-0.15, -0.1) is 0 Å². The second-order valence-corrected chi connectivity index (χ2v) is 3.75. The van der Waals surface area contributed by atoms with E-state index >= 15 is 0 Å². The molecule has 0 aromatic carbocycles. The summed E-state index contributed by atoms with van der Waals surface area (Å²) in [5.41, 5.74) is 2.54. The second-order valence-electron chi connectivity index (χ2n) is 3.75. The topological polar surface area (TPSA) is 31.9 Å². The van der Waals surface area contributed by atoms with E-state index in [9.17, 15) is 0 Å². The van der Waals surface area contributed by atoms with Crippen LogP contribution < -0.4 is 0 Å². The third-order valence-corrected chi connectivity index (χ3v) is 2.43. The summed E-state index contributed by atoms with van der Waals surface area (Å²) in [6.07, 6.45) is 0. The summed E-state index contributed by atoms with van der Waals surface area (Å²) in [5, 5.41) is 0. The molecule has 1 aliphatic rings. The Morgan fingerprint density at radius 1 is 1.42 bits per heavy atom. The van der Waals surface area contributed by atoms with Crippen molar-refractivity contribution in [3.05, 3.63) is 17.2 Å². The van der Waals surface area contributed by atoms with Crippen LogP contribution in [-0.4, -0.2) is 20.9 Å². The predicted molar refractivity (Wildman–Crippen MR) is 47.7 cm³/mol. The molecule has 2 rings (SSSR count). The molecule has 12 heavy (non-hydrogen) atoms. The molecular formula is C9H15N3. The maximum absolute atomic E-state index is 4.43. The molecule has 0 spiro atoms. The molecule has 2 heterocycles. The summed E-state index contributed by atoms with van der Waals surface area (Å²) < 4.78 is 0.